The van der Waals surface area contributed by atoms with Gasteiger partial charge >= 0.3 is 0 Å². The lowest BCUT2D eigenvalue weighted by atomic mass is 10.1. The summed E-state index contributed by atoms with van der Waals surface area (Å²) in [5, 5.41) is 6.84. The van der Waals surface area contributed by atoms with E-state index in [2.05, 4.69) is 10.3 Å². The third-order valence-electron chi connectivity index (χ3n) is 3.50. The Balaban J connectivity index is 1.80. The van der Waals surface area contributed by atoms with Crippen LogP contribution >= 0.6 is 11.3 Å². The topological polar surface area (TPSA) is 46.4 Å². The minimum Gasteiger partial charge on any atom is -0.348 e. The number of carbonyl (C=O) groups is 1. The van der Waals surface area contributed by atoms with Crippen molar-refractivity contribution >= 4 is 22.9 Å². The van der Waals surface area contributed by atoms with Gasteiger partial charge in [0.05, 0.1) is 0 Å². The van der Waals surface area contributed by atoms with Crippen LogP contribution in [0.4, 0.5) is 4.39 Å². The van der Waals surface area contributed by atoms with Crippen LogP contribution in [0.1, 0.15) is 28.5 Å². The molecule has 0 aliphatic rings. The van der Waals surface area contributed by atoms with Crippen molar-refractivity contribution in [1.29, 1.82) is 0 Å². The highest BCUT2D eigenvalue weighted by molar-refractivity contribution is 7.07. The molecule has 3 rings (SSSR count). The van der Waals surface area contributed by atoms with Crippen LogP contribution in [-0.2, 0) is 6.42 Å². The fourth-order valence-electron chi connectivity index (χ4n) is 2.43. The normalized spacial score (nSPS) is 12.5. The van der Waals surface area contributed by atoms with E-state index < -0.39 is 11.9 Å². The van der Waals surface area contributed by atoms with Crippen LogP contribution in [0.3, 0.4) is 0 Å². The van der Waals surface area contributed by atoms with E-state index in [1.807, 2.05) is 36.7 Å². The van der Waals surface area contributed by atoms with Gasteiger partial charge in [-0.05, 0) is 54.3 Å². The summed E-state index contributed by atoms with van der Waals surface area (Å²) in [6.45, 7) is 3.73. The van der Waals surface area contributed by atoms with Crippen LogP contribution in [0.5, 0.6) is 0 Å². The smallest absolute Gasteiger partial charge is 0.274 e. The Hall–Kier alpha value is -2.21. The van der Waals surface area contributed by atoms with Crippen molar-refractivity contribution in [3.8, 4) is 0 Å². The lowest BCUT2D eigenvalue weighted by Gasteiger charge is -2.11. The molecular weight excluding hydrogens is 301 g/mol. The quantitative estimate of drug-likeness (QED) is 0.803. The third-order valence-corrected chi connectivity index (χ3v) is 4.23. The molecule has 0 saturated heterocycles. The van der Waals surface area contributed by atoms with E-state index in [0.717, 1.165) is 11.1 Å². The number of hydrogen-bond donors (Lipinski definition) is 1. The molecule has 114 valence electrons. The molecule has 0 aliphatic heterocycles. The number of nitrogens with zero attached hydrogens (tertiary/aromatic N) is 2. The van der Waals surface area contributed by atoms with Crippen LogP contribution in [-0.4, -0.2) is 21.3 Å². The predicted octanol–water partition coefficient (Wildman–Crippen LogP) is 3.20. The fraction of sp³-hybridized carbons (Fsp3) is 0.250. The van der Waals surface area contributed by atoms with Crippen LogP contribution in [0.25, 0.3) is 5.65 Å². The Bertz CT molecular complexity index is 810. The highest BCUT2D eigenvalue weighted by Gasteiger charge is 2.21. The highest BCUT2D eigenvalue weighted by atomic mass is 32.1. The maximum atomic E-state index is 14.3. The second-order valence-corrected chi connectivity index (χ2v) is 6.13. The molecule has 0 bridgehead atoms. The number of nitrogens with one attached hydrogen (secondary N) is 1. The summed E-state index contributed by atoms with van der Waals surface area (Å²) in [6, 6.07) is 5.49. The van der Waals surface area contributed by atoms with Gasteiger partial charge in [0.1, 0.15) is 5.65 Å². The molecule has 3 heterocycles. The van der Waals surface area contributed by atoms with E-state index in [1.54, 1.807) is 23.6 Å². The second-order valence-electron chi connectivity index (χ2n) is 5.35. The van der Waals surface area contributed by atoms with Gasteiger partial charge in [0, 0.05) is 12.2 Å². The molecular formula is C16H16FN3OS. The van der Waals surface area contributed by atoms with Gasteiger partial charge in [0.15, 0.2) is 5.69 Å². The summed E-state index contributed by atoms with van der Waals surface area (Å²) >= 11 is 1.62. The molecule has 22 heavy (non-hydrogen) atoms. The molecule has 1 N–H and O–H groups in total. The Morgan fingerprint density at radius 2 is 2.32 bits per heavy atom. The average Bonchev–Trinajstić information content (AvgIpc) is 3.08. The van der Waals surface area contributed by atoms with Crippen molar-refractivity contribution in [2.45, 2.75) is 26.3 Å². The molecule has 0 aromatic carbocycles. The molecule has 0 radical (unpaired) electrons. The van der Waals surface area contributed by atoms with E-state index >= 15 is 0 Å². The summed E-state index contributed by atoms with van der Waals surface area (Å²) in [4.78, 5) is 16.4. The number of aryl methyl sites for hydroxylation is 1. The van der Waals surface area contributed by atoms with Crippen LogP contribution in [0, 0.1) is 12.9 Å². The lowest BCUT2D eigenvalue weighted by molar-refractivity contribution is 0.0931. The molecule has 1 atom stereocenters. The molecule has 1 unspecified atom stereocenters. The van der Waals surface area contributed by atoms with Crippen molar-refractivity contribution in [2.24, 2.45) is 0 Å². The number of imidazole rings is 1. The summed E-state index contributed by atoms with van der Waals surface area (Å²) in [6.07, 6.45) is 2.28. The monoisotopic (exact) mass is 317 g/mol. The number of hydrogen-bond acceptors (Lipinski definition) is 3. The van der Waals surface area contributed by atoms with Crippen LogP contribution in [0.2, 0.25) is 0 Å². The fourth-order valence-corrected chi connectivity index (χ4v) is 3.11. The number of pyridine rings is 1. The van der Waals surface area contributed by atoms with Crippen LogP contribution < -0.4 is 5.32 Å². The number of carbonyl (C=O) groups excluding carboxylic acids is 1. The standard InChI is InChI=1S/C16H16FN3OS/c1-10-4-3-6-20-14(17)13(19-15(10)20)16(21)18-11(2)8-12-5-7-22-9-12/h3-7,9,11H,8H2,1-2H3,(H,18,21). The Labute approximate surface area is 131 Å². The van der Waals surface area contributed by atoms with E-state index in [1.165, 1.54) is 4.40 Å². The molecule has 1 amide bonds. The van der Waals surface area contributed by atoms with E-state index in [9.17, 15) is 9.18 Å². The number of amides is 1. The molecule has 0 aliphatic carbocycles. The zero-order chi connectivity index (χ0) is 15.7. The maximum absolute atomic E-state index is 14.3. The average molecular weight is 317 g/mol. The first-order chi connectivity index (χ1) is 10.6. The number of rotatable bonds is 4. The number of fused-ring (bicyclic) bond motifs is 1. The summed E-state index contributed by atoms with van der Waals surface area (Å²) < 4.78 is 15.6. The van der Waals surface area contributed by atoms with Gasteiger partial charge in [-0.3, -0.25) is 9.20 Å². The molecule has 3 aromatic rings. The maximum Gasteiger partial charge on any atom is 0.274 e. The summed E-state index contributed by atoms with van der Waals surface area (Å²) in [7, 11) is 0. The van der Waals surface area contributed by atoms with E-state index in [0.29, 0.717) is 12.1 Å². The summed E-state index contributed by atoms with van der Waals surface area (Å²) in [5.41, 5.74) is 2.29. The van der Waals surface area contributed by atoms with Crippen molar-refractivity contribution in [2.75, 3.05) is 0 Å². The molecule has 0 spiro atoms. The minimum atomic E-state index is -0.626. The first kappa shape index (κ1) is 14.7. The minimum absolute atomic E-state index is 0.0904. The van der Waals surface area contributed by atoms with Crippen molar-refractivity contribution in [1.82, 2.24) is 14.7 Å². The lowest BCUT2D eigenvalue weighted by Crippen LogP contribution is -2.34. The Kier molecular flexibility index (Phi) is 3.94. The summed E-state index contributed by atoms with van der Waals surface area (Å²) in [5.74, 6) is -1.11. The van der Waals surface area contributed by atoms with Gasteiger partial charge in [-0.2, -0.15) is 15.7 Å². The molecule has 4 nitrogen and oxygen atoms in total. The number of thiophene rings is 1. The van der Waals surface area contributed by atoms with E-state index in [4.69, 9.17) is 0 Å². The van der Waals surface area contributed by atoms with Crippen molar-refractivity contribution in [3.63, 3.8) is 0 Å². The molecule has 0 fully saturated rings. The molecule has 6 heteroatoms. The van der Waals surface area contributed by atoms with Gasteiger partial charge < -0.3 is 5.32 Å². The second kappa shape index (κ2) is 5.88. The molecule has 0 saturated carbocycles. The Morgan fingerprint density at radius 1 is 1.50 bits per heavy atom. The molecule has 3 aromatic heterocycles. The SMILES string of the molecule is Cc1cccn2c(F)c(C(=O)NC(C)Cc3ccsc3)nc12. The van der Waals surface area contributed by atoms with Crippen molar-refractivity contribution < 1.29 is 9.18 Å². The van der Waals surface area contributed by atoms with E-state index in [-0.39, 0.29) is 11.7 Å². The van der Waals surface area contributed by atoms with Crippen molar-refractivity contribution in [3.05, 3.63) is 57.9 Å². The third kappa shape index (κ3) is 2.74. The highest BCUT2D eigenvalue weighted by Crippen LogP contribution is 2.15. The number of halogens is 1. The van der Waals surface area contributed by atoms with Gasteiger partial charge in [-0.1, -0.05) is 6.07 Å². The van der Waals surface area contributed by atoms with Gasteiger partial charge in [0.2, 0.25) is 5.95 Å². The van der Waals surface area contributed by atoms with Gasteiger partial charge in [-0.15, -0.1) is 0 Å². The van der Waals surface area contributed by atoms with Gasteiger partial charge in [-0.25, -0.2) is 4.98 Å². The predicted molar refractivity (Wildman–Crippen MR) is 84.8 cm³/mol. The first-order valence-corrected chi connectivity index (χ1v) is 7.95. The largest absolute Gasteiger partial charge is 0.348 e. The number of aromatic nitrogens is 2. The Morgan fingerprint density at radius 3 is 3.00 bits per heavy atom. The van der Waals surface area contributed by atoms with Gasteiger partial charge in [0.25, 0.3) is 5.91 Å². The zero-order valence-corrected chi connectivity index (χ0v) is 13.2. The first-order valence-electron chi connectivity index (χ1n) is 7.01. The zero-order valence-electron chi connectivity index (χ0n) is 12.3. The van der Waals surface area contributed by atoms with Crippen LogP contribution in [0.15, 0.2) is 35.2 Å².